The van der Waals surface area contributed by atoms with Crippen LogP contribution >= 0.6 is 0 Å². The summed E-state index contributed by atoms with van der Waals surface area (Å²) < 4.78 is 39.7. The van der Waals surface area contributed by atoms with Gasteiger partial charge in [0.1, 0.15) is 5.82 Å². The monoisotopic (exact) mass is 370 g/mol. The predicted octanol–water partition coefficient (Wildman–Crippen LogP) is 4.46. The van der Waals surface area contributed by atoms with Crippen molar-refractivity contribution in [3.05, 3.63) is 102 Å². The molecule has 0 saturated carbocycles. The molecule has 0 radical (unpaired) electrons. The molecule has 0 unspecified atom stereocenters. The summed E-state index contributed by atoms with van der Waals surface area (Å²) in [5.74, 6) is -0.437. The zero-order chi connectivity index (χ0) is 18.6. The molecule has 0 amide bonds. The van der Waals surface area contributed by atoms with E-state index < -0.39 is 27.0 Å². The average Bonchev–Trinajstić information content (AvgIpc) is 2.68. The fraction of sp³-hybridized carbons (Fsp3) is 0.143. The highest BCUT2D eigenvalue weighted by Gasteiger charge is 2.31. The van der Waals surface area contributed by atoms with Crippen LogP contribution in [0.4, 0.5) is 4.39 Å². The number of hydrogen-bond acceptors (Lipinski definition) is 3. The summed E-state index contributed by atoms with van der Waals surface area (Å²) >= 11 is 0. The van der Waals surface area contributed by atoms with Gasteiger partial charge >= 0.3 is 0 Å². The lowest BCUT2D eigenvalue weighted by molar-refractivity contribution is 0.165. The maximum atomic E-state index is 13.3. The maximum absolute atomic E-state index is 13.3. The normalized spacial score (nSPS) is 13.9. The Labute approximate surface area is 152 Å². The van der Waals surface area contributed by atoms with Crippen LogP contribution in [-0.4, -0.2) is 13.5 Å². The van der Waals surface area contributed by atoms with Crippen LogP contribution in [0, 0.1) is 5.82 Å². The van der Waals surface area contributed by atoms with Crippen LogP contribution in [0.1, 0.15) is 28.9 Å². The van der Waals surface area contributed by atoms with E-state index in [4.69, 9.17) is 0 Å². The molecule has 0 aliphatic carbocycles. The SMILES string of the molecule is O=S(=O)(c1ccccc1)[C@H](C[C@H](O)c1ccccc1)c1ccc(F)cc1. The van der Waals surface area contributed by atoms with Crippen molar-refractivity contribution in [1.82, 2.24) is 0 Å². The van der Waals surface area contributed by atoms with Crippen LogP contribution in [0.3, 0.4) is 0 Å². The molecule has 5 heteroatoms. The predicted molar refractivity (Wildman–Crippen MR) is 98.8 cm³/mol. The second-order valence-electron chi connectivity index (χ2n) is 6.06. The van der Waals surface area contributed by atoms with Crippen molar-refractivity contribution in [3.63, 3.8) is 0 Å². The molecule has 0 bridgehead atoms. The quantitative estimate of drug-likeness (QED) is 0.697. The number of halogens is 1. The van der Waals surface area contributed by atoms with E-state index in [1.807, 2.05) is 6.07 Å². The molecule has 26 heavy (non-hydrogen) atoms. The smallest absolute Gasteiger partial charge is 0.185 e. The zero-order valence-corrected chi connectivity index (χ0v) is 14.8. The molecule has 0 heterocycles. The highest BCUT2D eigenvalue weighted by atomic mass is 32.2. The standard InChI is InChI=1S/C21H19FO3S/c22-18-13-11-17(12-14-18)21(15-20(23)16-7-3-1-4-8-16)26(24,25)19-9-5-2-6-10-19/h1-14,20-21,23H,15H2/t20-,21+/m0/s1. The van der Waals surface area contributed by atoms with Gasteiger partial charge in [-0.3, -0.25) is 0 Å². The van der Waals surface area contributed by atoms with Gasteiger partial charge in [-0.1, -0.05) is 60.7 Å². The first kappa shape index (κ1) is 18.3. The van der Waals surface area contributed by atoms with Gasteiger partial charge < -0.3 is 5.11 Å². The van der Waals surface area contributed by atoms with E-state index in [0.717, 1.165) is 0 Å². The second-order valence-corrected chi connectivity index (χ2v) is 8.19. The Bertz CT molecular complexity index is 940. The van der Waals surface area contributed by atoms with Gasteiger partial charge in [0.15, 0.2) is 9.84 Å². The lowest BCUT2D eigenvalue weighted by Gasteiger charge is -2.22. The summed E-state index contributed by atoms with van der Waals surface area (Å²) in [5.41, 5.74) is 1.09. The second kappa shape index (κ2) is 7.81. The minimum atomic E-state index is -3.75. The third-order valence-corrected chi connectivity index (χ3v) is 6.45. The summed E-state index contributed by atoms with van der Waals surface area (Å²) in [5, 5.41) is 9.59. The fourth-order valence-corrected chi connectivity index (χ4v) is 4.72. The van der Waals surface area contributed by atoms with Crippen LogP contribution in [0.5, 0.6) is 0 Å². The molecule has 0 aromatic heterocycles. The molecule has 0 fully saturated rings. The van der Waals surface area contributed by atoms with Crippen LogP contribution in [0.25, 0.3) is 0 Å². The largest absolute Gasteiger partial charge is 0.388 e. The van der Waals surface area contributed by atoms with Crippen molar-refractivity contribution in [1.29, 1.82) is 0 Å². The first-order valence-corrected chi connectivity index (χ1v) is 9.80. The molecular weight excluding hydrogens is 351 g/mol. The van der Waals surface area contributed by atoms with E-state index >= 15 is 0 Å². The van der Waals surface area contributed by atoms with Crippen LogP contribution in [0.2, 0.25) is 0 Å². The summed E-state index contributed by atoms with van der Waals surface area (Å²) in [4.78, 5) is 0.176. The highest BCUT2D eigenvalue weighted by Crippen LogP contribution is 2.36. The van der Waals surface area contributed by atoms with Crippen LogP contribution in [0.15, 0.2) is 89.8 Å². The van der Waals surface area contributed by atoms with Crippen LogP contribution in [-0.2, 0) is 9.84 Å². The van der Waals surface area contributed by atoms with Crippen molar-refractivity contribution in [2.45, 2.75) is 22.7 Å². The fourth-order valence-electron chi connectivity index (χ4n) is 2.91. The van der Waals surface area contributed by atoms with Crippen molar-refractivity contribution >= 4 is 9.84 Å². The lowest BCUT2D eigenvalue weighted by Crippen LogP contribution is -2.17. The van der Waals surface area contributed by atoms with Crippen molar-refractivity contribution in [2.24, 2.45) is 0 Å². The van der Waals surface area contributed by atoms with E-state index in [1.54, 1.807) is 42.5 Å². The van der Waals surface area contributed by atoms with Gasteiger partial charge in [0, 0.05) is 0 Å². The summed E-state index contributed by atoms with van der Waals surface area (Å²) in [6.07, 6.45) is -0.975. The van der Waals surface area contributed by atoms with E-state index in [0.29, 0.717) is 11.1 Å². The first-order chi connectivity index (χ1) is 12.5. The zero-order valence-electron chi connectivity index (χ0n) is 14.0. The maximum Gasteiger partial charge on any atom is 0.185 e. The third kappa shape index (κ3) is 4.00. The Kier molecular flexibility index (Phi) is 5.49. The number of sulfone groups is 1. The molecule has 1 N–H and O–H groups in total. The number of aliphatic hydroxyl groups excluding tert-OH is 1. The van der Waals surface area contributed by atoms with Gasteiger partial charge in [0.2, 0.25) is 0 Å². The molecule has 134 valence electrons. The Balaban J connectivity index is 2.01. The molecule has 3 aromatic carbocycles. The van der Waals surface area contributed by atoms with Gasteiger partial charge in [0.05, 0.1) is 16.2 Å². The molecule has 0 saturated heterocycles. The summed E-state index contributed by atoms with van der Waals surface area (Å²) in [6.45, 7) is 0. The van der Waals surface area contributed by atoms with Gasteiger partial charge in [-0.25, -0.2) is 12.8 Å². The molecule has 0 aliphatic heterocycles. The van der Waals surface area contributed by atoms with Gasteiger partial charge in [-0.2, -0.15) is 0 Å². The molecule has 3 aromatic rings. The van der Waals surface area contributed by atoms with E-state index in [1.165, 1.54) is 36.4 Å². The topological polar surface area (TPSA) is 54.4 Å². The molecule has 2 atom stereocenters. The van der Waals surface area contributed by atoms with Gasteiger partial charge in [0.25, 0.3) is 0 Å². The number of benzene rings is 3. The molecule has 3 rings (SSSR count). The number of rotatable bonds is 6. The first-order valence-electron chi connectivity index (χ1n) is 8.26. The Morgan fingerprint density at radius 3 is 1.88 bits per heavy atom. The highest BCUT2D eigenvalue weighted by molar-refractivity contribution is 7.91. The van der Waals surface area contributed by atoms with Gasteiger partial charge in [-0.05, 0) is 41.8 Å². The van der Waals surface area contributed by atoms with E-state index in [2.05, 4.69) is 0 Å². The number of hydrogen-bond donors (Lipinski definition) is 1. The Morgan fingerprint density at radius 2 is 1.31 bits per heavy atom. The summed E-state index contributed by atoms with van der Waals surface area (Å²) in [6, 6.07) is 22.4. The molecule has 0 aliphatic rings. The number of aliphatic hydroxyl groups is 1. The minimum absolute atomic E-state index is 0.0210. The van der Waals surface area contributed by atoms with E-state index in [-0.39, 0.29) is 11.3 Å². The lowest BCUT2D eigenvalue weighted by atomic mass is 10.0. The van der Waals surface area contributed by atoms with Gasteiger partial charge in [-0.15, -0.1) is 0 Å². The van der Waals surface area contributed by atoms with E-state index in [9.17, 15) is 17.9 Å². The van der Waals surface area contributed by atoms with Crippen molar-refractivity contribution < 1.29 is 17.9 Å². The molecule has 3 nitrogen and oxygen atoms in total. The molecule has 0 spiro atoms. The van der Waals surface area contributed by atoms with Crippen LogP contribution < -0.4 is 0 Å². The molecular formula is C21H19FO3S. The Morgan fingerprint density at radius 1 is 0.769 bits per heavy atom. The van der Waals surface area contributed by atoms with Crippen molar-refractivity contribution in [3.8, 4) is 0 Å². The summed E-state index contributed by atoms with van der Waals surface area (Å²) in [7, 11) is -3.75. The minimum Gasteiger partial charge on any atom is -0.388 e. The third-order valence-electron chi connectivity index (χ3n) is 4.31. The van der Waals surface area contributed by atoms with Crippen molar-refractivity contribution in [2.75, 3.05) is 0 Å². The average molecular weight is 370 g/mol. The Hall–Kier alpha value is -2.50.